The molecule has 20 heavy (non-hydrogen) atoms. The molecule has 0 bridgehead atoms. The Kier molecular flexibility index (Phi) is 3.79. The lowest BCUT2D eigenvalue weighted by molar-refractivity contribution is 0.102. The molecule has 0 aliphatic heterocycles. The van der Waals surface area contributed by atoms with E-state index in [2.05, 4.69) is 10.4 Å². The van der Waals surface area contributed by atoms with Crippen LogP contribution in [0.15, 0.2) is 24.4 Å². The van der Waals surface area contributed by atoms with E-state index in [1.807, 2.05) is 0 Å². The number of carbonyl (C=O) groups is 1. The molecule has 0 aliphatic carbocycles. The number of hydrogen-bond acceptors (Lipinski definition) is 5. The number of nitrogens with one attached hydrogen (secondary N) is 1. The zero-order valence-corrected chi connectivity index (χ0v) is 11.5. The third kappa shape index (κ3) is 2.66. The number of nitrogens with two attached hydrogens (primary N) is 1. The number of amides is 1. The number of benzene rings is 1. The van der Waals surface area contributed by atoms with Gasteiger partial charge in [0.2, 0.25) is 0 Å². The molecule has 1 aromatic carbocycles. The Bertz CT molecular complexity index is 637. The first kappa shape index (κ1) is 13.7. The first-order valence-corrected chi connectivity index (χ1v) is 5.87. The van der Waals surface area contributed by atoms with Gasteiger partial charge < -0.3 is 20.5 Å². The quantitative estimate of drug-likeness (QED) is 0.821. The second kappa shape index (κ2) is 5.52. The van der Waals surface area contributed by atoms with Gasteiger partial charge >= 0.3 is 0 Å². The highest BCUT2D eigenvalue weighted by atomic mass is 16.5. The number of nitrogen functional groups attached to an aromatic ring is 1. The van der Waals surface area contributed by atoms with Gasteiger partial charge in [0.15, 0.2) is 5.82 Å². The second-order valence-electron chi connectivity index (χ2n) is 4.12. The molecule has 0 aliphatic rings. The van der Waals surface area contributed by atoms with Crippen LogP contribution in [0.5, 0.6) is 11.5 Å². The molecule has 0 radical (unpaired) electrons. The first-order chi connectivity index (χ1) is 9.55. The van der Waals surface area contributed by atoms with Crippen LogP contribution in [0.1, 0.15) is 10.4 Å². The number of anilines is 2. The molecule has 7 heteroatoms. The molecule has 0 spiro atoms. The maximum absolute atomic E-state index is 12.2. The van der Waals surface area contributed by atoms with Crippen molar-refractivity contribution in [1.29, 1.82) is 0 Å². The molecule has 106 valence electrons. The van der Waals surface area contributed by atoms with E-state index in [0.29, 0.717) is 17.3 Å². The molecule has 1 amide bonds. The van der Waals surface area contributed by atoms with Crippen molar-refractivity contribution in [2.45, 2.75) is 0 Å². The van der Waals surface area contributed by atoms with Gasteiger partial charge in [-0.25, -0.2) is 0 Å². The van der Waals surface area contributed by atoms with Gasteiger partial charge in [0.05, 0.1) is 25.5 Å². The third-order valence-electron chi connectivity index (χ3n) is 2.77. The fraction of sp³-hybridized carbons (Fsp3) is 0.231. The van der Waals surface area contributed by atoms with Gasteiger partial charge in [-0.05, 0) is 6.07 Å². The minimum atomic E-state index is -0.376. The zero-order chi connectivity index (χ0) is 14.7. The smallest absolute Gasteiger partial charge is 0.259 e. The fourth-order valence-corrected chi connectivity index (χ4v) is 1.74. The first-order valence-electron chi connectivity index (χ1n) is 5.87. The number of aryl methyl sites for hydroxylation is 1. The van der Waals surface area contributed by atoms with Crippen LogP contribution < -0.4 is 20.5 Å². The van der Waals surface area contributed by atoms with Crippen molar-refractivity contribution >= 4 is 17.4 Å². The average molecular weight is 276 g/mol. The van der Waals surface area contributed by atoms with E-state index in [9.17, 15) is 4.79 Å². The topological polar surface area (TPSA) is 91.4 Å². The monoisotopic (exact) mass is 276 g/mol. The minimum absolute atomic E-state index is 0.252. The summed E-state index contributed by atoms with van der Waals surface area (Å²) >= 11 is 0. The van der Waals surface area contributed by atoms with Crippen molar-refractivity contribution < 1.29 is 14.3 Å². The van der Waals surface area contributed by atoms with Gasteiger partial charge in [-0.15, -0.1) is 0 Å². The van der Waals surface area contributed by atoms with Gasteiger partial charge in [-0.2, -0.15) is 5.10 Å². The van der Waals surface area contributed by atoms with Crippen LogP contribution in [-0.4, -0.2) is 29.9 Å². The summed E-state index contributed by atoms with van der Waals surface area (Å²) in [5.41, 5.74) is 6.43. The molecule has 1 heterocycles. The van der Waals surface area contributed by atoms with Crippen LogP contribution in [0.2, 0.25) is 0 Å². The second-order valence-corrected chi connectivity index (χ2v) is 4.12. The van der Waals surface area contributed by atoms with E-state index < -0.39 is 0 Å². The lowest BCUT2D eigenvalue weighted by Gasteiger charge is -2.12. The highest BCUT2D eigenvalue weighted by molar-refractivity contribution is 6.08. The van der Waals surface area contributed by atoms with Crippen LogP contribution in [-0.2, 0) is 7.05 Å². The summed E-state index contributed by atoms with van der Waals surface area (Å²) in [6.45, 7) is 0. The van der Waals surface area contributed by atoms with E-state index in [4.69, 9.17) is 15.2 Å². The van der Waals surface area contributed by atoms with Crippen LogP contribution >= 0.6 is 0 Å². The molecule has 0 unspecified atom stereocenters. The zero-order valence-electron chi connectivity index (χ0n) is 11.5. The van der Waals surface area contributed by atoms with Gasteiger partial charge in [0.25, 0.3) is 5.91 Å². The van der Waals surface area contributed by atoms with Crippen molar-refractivity contribution in [3.05, 3.63) is 30.0 Å². The van der Waals surface area contributed by atoms with Crippen LogP contribution in [0, 0.1) is 0 Å². The molecule has 3 N–H and O–H groups in total. The van der Waals surface area contributed by atoms with Crippen LogP contribution in [0.4, 0.5) is 11.5 Å². The molecule has 2 rings (SSSR count). The number of carbonyl (C=O) groups excluding carboxylic acids is 1. The summed E-state index contributed by atoms with van der Waals surface area (Å²) in [5, 5.41) is 6.73. The Morgan fingerprint density at radius 1 is 1.35 bits per heavy atom. The summed E-state index contributed by atoms with van der Waals surface area (Å²) in [5.74, 6) is 0.940. The highest BCUT2D eigenvalue weighted by Crippen LogP contribution is 2.31. The van der Waals surface area contributed by atoms with Gasteiger partial charge in [-0.1, -0.05) is 0 Å². The molecule has 1 aromatic heterocycles. The molecular formula is C13H16N4O3. The van der Waals surface area contributed by atoms with Crippen molar-refractivity contribution in [3.8, 4) is 11.5 Å². The highest BCUT2D eigenvalue weighted by Gasteiger charge is 2.16. The molecule has 0 fully saturated rings. The van der Waals surface area contributed by atoms with E-state index in [-0.39, 0.29) is 17.2 Å². The SMILES string of the molecule is COc1cc(OC)c(N)c(C(=O)Nc2ccn(C)n2)c1. The largest absolute Gasteiger partial charge is 0.497 e. The van der Waals surface area contributed by atoms with Crippen molar-refractivity contribution in [3.63, 3.8) is 0 Å². The Morgan fingerprint density at radius 2 is 2.10 bits per heavy atom. The normalized spacial score (nSPS) is 10.2. The van der Waals surface area contributed by atoms with Gasteiger partial charge in [-0.3, -0.25) is 9.48 Å². The number of methoxy groups -OCH3 is 2. The van der Waals surface area contributed by atoms with Gasteiger partial charge in [0.1, 0.15) is 11.5 Å². The lowest BCUT2D eigenvalue weighted by atomic mass is 10.1. The summed E-state index contributed by atoms with van der Waals surface area (Å²) in [6.07, 6.45) is 1.73. The fourth-order valence-electron chi connectivity index (χ4n) is 1.74. The summed E-state index contributed by atoms with van der Waals surface area (Å²) in [6, 6.07) is 4.86. The predicted octanol–water partition coefficient (Wildman–Crippen LogP) is 1.27. The predicted molar refractivity (Wildman–Crippen MR) is 75.1 cm³/mol. The molecule has 7 nitrogen and oxygen atoms in total. The van der Waals surface area contributed by atoms with Crippen LogP contribution in [0.25, 0.3) is 0 Å². The Labute approximate surface area is 116 Å². The summed E-state index contributed by atoms with van der Waals surface area (Å²) in [4.78, 5) is 12.2. The summed E-state index contributed by atoms with van der Waals surface area (Å²) < 4.78 is 11.8. The molecular weight excluding hydrogens is 260 g/mol. The van der Waals surface area contributed by atoms with Crippen molar-refractivity contribution in [1.82, 2.24) is 9.78 Å². The number of aromatic nitrogens is 2. The van der Waals surface area contributed by atoms with E-state index in [1.165, 1.54) is 14.2 Å². The number of rotatable bonds is 4. The lowest BCUT2D eigenvalue weighted by Crippen LogP contribution is -2.15. The molecule has 0 saturated carbocycles. The number of nitrogens with zero attached hydrogens (tertiary/aromatic N) is 2. The minimum Gasteiger partial charge on any atom is -0.497 e. The van der Waals surface area contributed by atoms with Gasteiger partial charge in [0, 0.05) is 25.4 Å². The van der Waals surface area contributed by atoms with Crippen molar-refractivity contribution in [2.24, 2.45) is 7.05 Å². The molecule has 0 atom stereocenters. The van der Waals surface area contributed by atoms with Crippen molar-refractivity contribution in [2.75, 3.05) is 25.3 Å². The standard InChI is InChI=1S/C13H16N4O3/c1-17-5-4-11(16-17)15-13(18)9-6-8(19-2)7-10(20-3)12(9)14/h4-7H,14H2,1-3H3,(H,15,16,18). The Hall–Kier alpha value is -2.70. The maximum Gasteiger partial charge on any atom is 0.259 e. The van der Waals surface area contributed by atoms with E-state index >= 15 is 0 Å². The Morgan fingerprint density at radius 3 is 2.65 bits per heavy atom. The van der Waals surface area contributed by atoms with E-state index in [0.717, 1.165) is 0 Å². The molecule has 2 aromatic rings. The summed E-state index contributed by atoms with van der Waals surface area (Å²) in [7, 11) is 4.75. The number of hydrogen-bond donors (Lipinski definition) is 2. The number of ether oxygens (including phenoxy) is 2. The molecule has 0 saturated heterocycles. The average Bonchev–Trinajstić information content (AvgIpc) is 2.84. The maximum atomic E-state index is 12.2. The third-order valence-corrected chi connectivity index (χ3v) is 2.77. The van der Waals surface area contributed by atoms with E-state index in [1.54, 1.807) is 36.1 Å². The Balaban J connectivity index is 2.33. The van der Waals surface area contributed by atoms with Crippen LogP contribution in [0.3, 0.4) is 0 Å².